The Balaban J connectivity index is 3.26. The molecule has 44 valence electrons. The number of halogens is 1. The summed E-state index contributed by atoms with van der Waals surface area (Å²) < 4.78 is 11.0. The van der Waals surface area contributed by atoms with Crippen LogP contribution >= 0.6 is 0 Å². The number of hydrogen-bond donors (Lipinski definition) is 1. The quantitative estimate of drug-likeness (QED) is 0.434. The molecular weight excluding hydrogens is 105 g/mol. The molecule has 0 heterocycles. The zero-order valence-electron chi connectivity index (χ0n) is 4.47. The van der Waals surface area contributed by atoms with Gasteiger partial charge in [0.25, 0.3) is 0 Å². The van der Waals surface area contributed by atoms with Gasteiger partial charge in [0.1, 0.15) is 0 Å². The summed E-state index contributed by atoms with van der Waals surface area (Å²) >= 11 is 0. The highest BCUT2D eigenvalue weighted by atomic mass is 19.2. The number of allylic oxidation sites excluding steroid dienone is 4. The lowest BCUT2D eigenvalue weighted by Crippen LogP contribution is -1.80. The molecule has 2 heteroatoms. The first-order chi connectivity index (χ1) is 3.91. The smallest absolute Gasteiger partial charge is 0.0294 e. The van der Waals surface area contributed by atoms with E-state index < -0.39 is 0 Å². The second kappa shape index (κ2) is 5.95. The van der Waals surface area contributed by atoms with E-state index >= 15 is 0 Å². The summed E-state index contributed by atoms with van der Waals surface area (Å²) in [4.78, 5) is 0. The summed E-state index contributed by atoms with van der Waals surface area (Å²) in [6, 6.07) is 0. The molecule has 0 aliphatic rings. The molecule has 0 aromatic carbocycles. The Bertz CT molecular complexity index is 105. The summed E-state index contributed by atoms with van der Waals surface area (Å²) in [5, 5.41) is 0. The fourth-order valence-electron chi connectivity index (χ4n) is 0.235. The fraction of sp³-hybridized carbons (Fsp3) is 0. The van der Waals surface area contributed by atoms with Gasteiger partial charge >= 0.3 is 0 Å². The molecule has 0 saturated heterocycles. The molecule has 0 bridgehead atoms. The van der Waals surface area contributed by atoms with Crippen LogP contribution in [-0.4, -0.2) is 0 Å². The lowest BCUT2D eigenvalue weighted by molar-refractivity contribution is 0.407. The Hall–Kier alpha value is -1.05. The van der Waals surface area contributed by atoms with Gasteiger partial charge in [-0.25, -0.2) is 5.54 Å². The van der Waals surface area contributed by atoms with Crippen molar-refractivity contribution in [2.24, 2.45) is 0 Å². The van der Waals surface area contributed by atoms with E-state index in [4.69, 9.17) is 0 Å². The van der Waals surface area contributed by atoms with Crippen LogP contribution in [0.25, 0.3) is 0 Å². The maximum absolute atomic E-state index is 11.0. The van der Waals surface area contributed by atoms with Crippen molar-refractivity contribution in [1.82, 2.24) is 5.54 Å². The summed E-state index contributed by atoms with van der Waals surface area (Å²) in [6.07, 6.45) is 7.69. The Kier molecular flexibility index (Phi) is 5.17. The molecular formula is C6H8FN. The SMILES string of the molecule is C=C/C=C\C=C/NF. The van der Waals surface area contributed by atoms with Crippen LogP contribution in [0.2, 0.25) is 0 Å². The second-order valence-corrected chi connectivity index (χ2v) is 1.09. The van der Waals surface area contributed by atoms with Gasteiger partial charge in [-0.05, 0) is 6.08 Å². The predicted molar refractivity (Wildman–Crippen MR) is 32.7 cm³/mol. The maximum Gasteiger partial charge on any atom is 0.0294 e. The Morgan fingerprint density at radius 2 is 2.00 bits per heavy atom. The molecule has 0 aliphatic carbocycles. The van der Waals surface area contributed by atoms with Gasteiger partial charge in [-0.2, -0.15) is 0 Å². The molecule has 8 heavy (non-hydrogen) atoms. The molecule has 0 unspecified atom stereocenters. The zero-order valence-corrected chi connectivity index (χ0v) is 4.47. The molecule has 0 radical (unpaired) electrons. The number of hydrogen-bond acceptors (Lipinski definition) is 1. The molecule has 1 N–H and O–H groups in total. The standard InChI is InChI=1S/C6H8FN/c1-2-3-4-5-6-8-7/h2-6,8H,1H2/b4-3-,6-5-. The van der Waals surface area contributed by atoms with Crippen molar-refractivity contribution in [3.8, 4) is 0 Å². The van der Waals surface area contributed by atoms with Crippen molar-refractivity contribution in [3.63, 3.8) is 0 Å². The van der Waals surface area contributed by atoms with Crippen LogP contribution in [0.3, 0.4) is 0 Å². The van der Waals surface area contributed by atoms with E-state index in [1.165, 1.54) is 17.8 Å². The van der Waals surface area contributed by atoms with Crippen LogP contribution in [-0.2, 0) is 0 Å². The van der Waals surface area contributed by atoms with E-state index in [9.17, 15) is 4.48 Å². The van der Waals surface area contributed by atoms with Crippen LogP contribution < -0.4 is 5.54 Å². The van der Waals surface area contributed by atoms with Gasteiger partial charge in [0.05, 0.1) is 0 Å². The second-order valence-electron chi connectivity index (χ2n) is 1.09. The first-order valence-electron chi connectivity index (χ1n) is 2.22. The highest BCUT2D eigenvalue weighted by molar-refractivity contribution is 5.07. The summed E-state index contributed by atoms with van der Waals surface area (Å²) in [7, 11) is 0. The number of rotatable bonds is 3. The lowest BCUT2D eigenvalue weighted by atomic mass is 10.5. The molecule has 0 aromatic rings. The van der Waals surface area contributed by atoms with Gasteiger partial charge in [0.2, 0.25) is 0 Å². The molecule has 1 nitrogen and oxygen atoms in total. The van der Waals surface area contributed by atoms with Crippen molar-refractivity contribution in [3.05, 3.63) is 37.1 Å². The minimum absolute atomic E-state index is 1.18. The normalized spacial score (nSPS) is 10.6. The molecule has 0 fully saturated rings. The maximum atomic E-state index is 11.0. The van der Waals surface area contributed by atoms with Gasteiger partial charge in [0.15, 0.2) is 0 Å². The van der Waals surface area contributed by atoms with Crippen molar-refractivity contribution >= 4 is 0 Å². The van der Waals surface area contributed by atoms with E-state index in [1.807, 2.05) is 0 Å². The average Bonchev–Trinajstić information content (AvgIpc) is 1.81. The highest BCUT2D eigenvalue weighted by Crippen LogP contribution is 1.74. The predicted octanol–water partition coefficient (Wildman–Crippen LogP) is 1.72. The molecule has 0 saturated carbocycles. The van der Waals surface area contributed by atoms with E-state index in [2.05, 4.69) is 6.58 Å². The van der Waals surface area contributed by atoms with Gasteiger partial charge in [-0.3, -0.25) is 0 Å². The van der Waals surface area contributed by atoms with Crippen molar-refractivity contribution in [2.45, 2.75) is 0 Å². The number of nitrogens with one attached hydrogen (secondary N) is 1. The van der Waals surface area contributed by atoms with Crippen LogP contribution in [0.5, 0.6) is 0 Å². The topological polar surface area (TPSA) is 12.0 Å². The third-order valence-electron chi connectivity index (χ3n) is 0.518. The summed E-state index contributed by atoms with van der Waals surface area (Å²) in [6.45, 7) is 3.42. The van der Waals surface area contributed by atoms with Gasteiger partial charge in [-0.1, -0.05) is 24.8 Å². The van der Waals surface area contributed by atoms with E-state index in [0.29, 0.717) is 0 Å². The fourth-order valence-corrected chi connectivity index (χ4v) is 0.235. The Morgan fingerprint density at radius 3 is 2.50 bits per heavy atom. The van der Waals surface area contributed by atoms with E-state index in [-0.39, 0.29) is 0 Å². The molecule has 0 aliphatic heterocycles. The minimum atomic E-state index is 1.18. The minimum Gasteiger partial charge on any atom is -0.232 e. The van der Waals surface area contributed by atoms with Crippen molar-refractivity contribution in [1.29, 1.82) is 0 Å². The van der Waals surface area contributed by atoms with Crippen molar-refractivity contribution in [2.75, 3.05) is 0 Å². The molecule has 0 rings (SSSR count). The van der Waals surface area contributed by atoms with Crippen LogP contribution in [0.1, 0.15) is 0 Å². The summed E-state index contributed by atoms with van der Waals surface area (Å²) in [5.41, 5.74) is 1.36. The van der Waals surface area contributed by atoms with E-state index in [0.717, 1.165) is 0 Å². The zero-order chi connectivity index (χ0) is 6.24. The monoisotopic (exact) mass is 113 g/mol. The van der Waals surface area contributed by atoms with Gasteiger partial charge in [-0.15, -0.1) is 4.48 Å². The third kappa shape index (κ3) is 4.95. The Labute approximate surface area is 48.1 Å². The lowest BCUT2D eigenvalue weighted by Gasteiger charge is -1.73. The van der Waals surface area contributed by atoms with Crippen molar-refractivity contribution < 1.29 is 4.48 Å². The van der Waals surface area contributed by atoms with Crippen LogP contribution in [0.4, 0.5) is 4.48 Å². The van der Waals surface area contributed by atoms with Crippen LogP contribution in [0.15, 0.2) is 37.1 Å². The Morgan fingerprint density at radius 1 is 1.25 bits per heavy atom. The summed E-state index contributed by atoms with van der Waals surface area (Å²) in [5.74, 6) is 0. The first kappa shape index (κ1) is 6.95. The van der Waals surface area contributed by atoms with Crippen LogP contribution in [0, 0.1) is 0 Å². The van der Waals surface area contributed by atoms with Gasteiger partial charge < -0.3 is 0 Å². The molecule has 0 aromatic heterocycles. The highest BCUT2D eigenvalue weighted by Gasteiger charge is 1.58. The molecule has 0 amide bonds. The molecule has 0 spiro atoms. The van der Waals surface area contributed by atoms with Gasteiger partial charge in [0, 0.05) is 6.20 Å². The average molecular weight is 113 g/mol. The third-order valence-corrected chi connectivity index (χ3v) is 0.518. The van der Waals surface area contributed by atoms with E-state index in [1.54, 1.807) is 18.2 Å². The largest absolute Gasteiger partial charge is 0.232 e. The first-order valence-corrected chi connectivity index (χ1v) is 2.22. The molecule has 0 atom stereocenters.